The quantitative estimate of drug-likeness (QED) is 0.152. The molecule has 0 unspecified atom stereocenters. The Hall–Kier alpha value is -2.78. The van der Waals surface area contributed by atoms with Gasteiger partial charge in [0.05, 0.1) is 0 Å². The molecule has 182 valence electrons. The molecule has 0 aromatic heterocycles. The Morgan fingerprint density at radius 2 is 1.23 bits per heavy atom. The summed E-state index contributed by atoms with van der Waals surface area (Å²) in [4.78, 5) is 0. The van der Waals surface area contributed by atoms with Crippen molar-refractivity contribution in [3.63, 3.8) is 0 Å². The van der Waals surface area contributed by atoms with E-state index in [4.69, 9.17) is 11.6 Å². The minimum Gasteiger partial charge on any atom is -0.206 e. The smallest absolute Gasteiger partial charge is 0.145 e. The number of hydrogen-bond acceptors (Lipinski definition) is 0. The first-order valence-electron chi connectivity index (χ1n) is 12.4. The van der Waals surface area contributed by atoms with Crippen LogP contribution in [-0.2, 0) is 19.3 Å². The van der Waals surface area contributed by atoms with Crippen LogP contribution >= 0.6 is 11.6 Å². The van der Waals surface area contributed by atoms with Gasteiger partial charge in [-0.3, -0.25) is 0 Å². The lowest BCUT2D eigenvalue weighted by Crippen LogP contribution is -1.94. The van der Waals surface area contributed by atoms with Crippen LogP contribution in [0.2, 0.25) is 5.02 Å². The molecule has 0 radical (unpaired) electrons. The lowest BCUT2D eigenvalue weighted by atomic mass is 9.96. The number of hydrogen-bond donors (Lipinski definition) is 0. The molecule has 0 atom stereocenters. The Labute approximate surface area is 210 Å². The second kappa shape index (κ2) is 11.8. The first-order valence-corrected chi connectivity index (χ1v) is 12.8. The van der Waals surface area contributed by atoms with Gasteiger partial charge in [-0.1, -0.05) is 98.8 Å². The van der Waals surface area contributed by atoms with Gasteiger partial charge >= 0.3 is 0 Å². The molecule has 35 heavy (non-hydrogen) atoms. The van der Waals surface area contributed by atoms with Crippen molar-refractivity contribution in [2.75, 3.05) is 0 Å². The molecule has 0 amide bonds. The zero-order valence-corrected chi connectivity index (χ0v) is 20.8. The number of rotatable bonds is 10. The number of unbranched alkanes of at least 4 members (excludes halogenated alkanes) is 4. The molecule has 0 heterocycles. The Morgan fingerprint density at radius 3 is 1.91 bits per heavy atom. The molecule has 0 saturated heterocycles. The summed E-state index contributed by atoms with van der Waals surface area (Å²) in [6.45, 7) is 2.24. The van der Waals surface area contributed by atoms with Gasteiger partial charge in [0.25, 0.3) is 0 Å². The van der Waals surface area contributed by atoms with Crippen LogP contribution in [0.1, 0.15) is 55.7 Å². The summed E-state index contributed by atoms with van der Waals surface area (Å²) >= 11 is 5.56. The van der Waals surface area contributed by atoms with E-state index in [-0.39, 0.29) is 11.1 Å². The van der Waals surface area contributed by atoms with Crippen molar-refractivity contribution in [1.82, 2.24) is 0 Å². The second-order valence-electron chi connectivity index (χ2n) is 9.22. The van der Waals surface area contributed by atoms with E-state index in [1.54, 1.807) is 18.2 Å². The van der Waals surface area contributed by atoms with E-state index >= 15 is 4.39 Å². The molecule has 4 aromatic carbocycles. The lowest BCUT2D eigenvalue weighted by Gasteiger charge is -2.10. The molecule has 0 saturated carbocycles. The van der Waals surface area contributed by atoms with E-state index in [0.29, 0.717) is 5.39 Å². The van der Waals surface area contributed by atoms with Crippen LogP contribution in [-0.4, -0.2) is 0 Å². The third kappa shape index (κ3) is 6.27. The van der Waals surface area contributed by atoms with Gasteiger partial charge in [-0.15, -0.1) is 0 Å². The molecule has 0 aliphatic heterocycles. The van der Waals surface area contributed by atoms with E-state index in [1.165, 1.54) is 43.2 Å². The minimum atomic E-state index is -0.906. The maximum Gasteiger partial charge on any atom is 0.145 e. The fourth-order valence-corrected chi connectivity index (χ4v) is 4.63. The van der Waals surface area contributed by atoms with Crippen LogP contribution in [0.15, 0.2) is 66.7 Å². The predicted molar refractivity (Wildman–Crippen MR) is 141 cm³/mol. The Bertz CT molecular complexity index is 1270. The fourth-order valence-electron chi connectivity index (χ4n) is 4.52. The van der Waals surface area contributed by atoms with Crippen molar-refractivity contribution >= 4 is 22.4 Å². The molecule has 0 fully saturated rings. The van der Waals surface area contributed by atoms with Crippen LogP contribution in [0.5, 0.6) is 0 Å². The Balaban J connectivity index is 1.42. The molecule has 0 aliphatic rings. The van der Waals surface area contributed by atoms with E-state index in [9.17, 15) is 8.78 Å². The van der Waals surface area contributed by atoms with Crippen molar-refractivity contribution in [2.24, 2.45) is 0 Å². The van der Waals surface area contributed by atoms with Gasteiger partial charge in [0.1, 0.15) is 22.5 Å². The average Bonchev–Trinajstić information content (AvgIpc) is 2.86. The molecular weight excluding hydrogens is 465 g/mol. The van der Waals surface area contributed by atoms with Crippen LogP contribution in [0, 0.1) is 17.5 Å². The molecule has 4 aromatic rings. The minimum absolute atomic E-state index is 0.122. The standard InChI is InChI=1S/C31H30ClF3/c1-2-3-4-5-6-7-21-8-10-22(11-9-21)12-13-23-14-16-26-24(18-23)15-17-27(31(26)35)25-19-28(33)30(32)29(34)20-25/h8-11,14-20H,2-7,12-13H2,1H3. The molecule has 0 N–H and O–H groups in total. The predicted octanol–water partition coefficient (Wildman–Crippen LogP) is 9.88. The Kier molecular flexibility index (Phi) is 8.51. The van der Waals surface area contributed by atoms with Crippen molar-refractivity contribution in [3.05, 3.63) is 106 Å². The summed E-state index contributed by atoms with van der Waals surface area (Å²) in [6.07, 6.45) is 9.36. The normalized spacial score (nSPS) is 11.3. The van der Waals surface area contributed by atoms with Crippen molar-refractivity contribution < 1.29 is 13.2 Å². The molecule has 4 heteroatoms. The van der Waals surface area contributed by atoms with E-state index in [1.807, 2.05) is 12.1 Å². The van der Waals surface area contributed by atoms with Crippen molar-refractivity contribution in [2.45, 2.75) is 58.3 Å². The summed E-state index contributed by atoms with van der Waals surface area (Å²) < 4.78 is 43.0. The monoisotopic (exact) mass is 494 g/mol. The maximum atomic E-state index is 15.2. The summed E-state index contributed by atoms with van der Waals surface area (Å²) in [5, 5.41) is 0.596. The molecular formula is C31H30ClF3. The molecule has 0 aliphatic carbocycles. The van der Waals surface area contributed by atoms with Gasteiger partial charge in [0.15, 0.2) is 0 Å². The van der Waals surface area contributed by atoms with Gasteiger partial charge in [-0.25, -0.2) is 13.2 Å². The third-order valence-electron chi connectivity index (χ3n) is 6.61. The summed E-state index contributed by atoms with van der Waals surface area (Å²) in [7, 11) is 0. The van der Waals surface area contributed by atoms with Crippen molar-refractivity contribution in [1.29, 1.82) is 0 Å². The molecule has 0 bridgehead atoms. The first-order chi connectivity index (χ1) is 17.0. The summed E-state index contributed by atoms with van der Waals surface area (Å²) in [5.74, 6) is -2.31. The number of fused-ring (bicyclic) bond motifs is 1. The number of benzene rings is 4. The Morgan fingerprint density at radius 1 is 0.629 bits per heavy atom. The highest BCUT2D eigenvalue weighted by atomic mass is 35.5. The van der Waals surface area contributed by atoms with E-state index in [0.717, 1.165) is 42.3 Å². The van der Waals surface area contributed by atoms with Crippen molar-refractivity contribution in [3.8, 4) is 11.1 Å². The summed E-state index contributed by atoms with van der Waals surface area (Å²) in [5.41, 5.74) is 4.06. The SMILES string of the molecule is CCCCCCCc1ccc(CCc2ccc3c(F)c(-c4cc(F)c(Cl)c(F)c4)ccc3c2)cc1. The fraction of sp³-hybridized carbons (Fsp3) is 0.290. The van der Waals surface area contributed by atoms with Gasteiger partial charge < -0.3 is 0 Å². The highest BCUT2D eigenvalue weighted by molar-refractivity contribution is 6.31. The van der Waals surface area contributed by atoms with Crippen LogP contribution in [0.4, 0.5) is 13.2 Å². The highest BCUT2D eigenvalue weighted by Crippen LogP contribution is 2.32. The second-order valence-corrected chi connectivity index (χ2v) is 9.60. The maximum absolute atomic E-state index is 15.2. The van der Waals surface area contributed by atoms with Gasteiger partial charge in [0.2, 0.25) is 0 Å². The lowest BCUT2D eigenvalue weighted by molar-refractivity contribution is 0.584. The largest absolute Gasteiger partial charge is 0.206 e. The van der Waals surface area contributed by atoms with E-state index < -0.39 is 22.5 Å². The highest BCUT2D eigenvalue weighted by Gasteiger charge is 2.15. The first kappa shape index (κ1) is 25.3. The number of halogens is 4. The van der Waals surface area contributed by atoms with Gasteiger partial charge in [0, 0.05) is 10.9 Å². The van der Waals surface area contributed by atoms with Gasteiger partial charge in [-0.2, -0.15) is 0 Å². The molecule has 4 rings (SSSR count). The average molecular weight is 495 g/mol. The zero-order valence-electron chi connectivity index (χ0n) is 20.0. The zero-order chi connectivity index (χ0) is 24.8. The number of aryl methyl sites for hydroxylation is 3. The summed E-state index contributed by atoms with van der Waals surface area (Å²) in [6, 6.07) is 20.0. The van der Waals surface area contributed by atoms with Crippen LogP contribution in [0.3, 0.4) is 0 Å². The third-order valence-corrected chi connectivity index (χ3v) is 6.97. The topological polar surface area (TPSA) is 0 Å². The molecule has 0 spiro atoms. The van der Waals surface area contributed by atoms with E-state index in [2.05, 4.69) is 31.2 Å². The molecule has 0 nitrogen and oxygen atoms in total. The van der Waals surface area contributed by atoms with Crippen LogP contribution < -0.4 is 0 Å². The van der Waals surface area contributed by atoms with Crippen LogP contribution in [0.25, 0.3) is 21.9 Å². The van der Waals surface area contributed by atoms with Gasteiger partial charge in [-0.05, 0) is 65.5 Å².